The zero-order valence-corrected chi connectivity index (χ0v) is 15.5. The van der Waals surface area contributed by atoms with Crippen molar-refractivity contribution in [2.24, 2.45) is 0 Å². The minimum absolute atomic E-state index is 0.163. The zero-order valence-electron chi connectivity index (χ0n) is 15.5. The summed E-state index contributed by atoms with van der Waals surface area (Å²) in [5, 5.41) is 11.9. The SMILES string of the molecule is COc1ccccc1-c1ccccc1C(=O)NCCc1ccc(C(=O)O)cc1. The van der Waals surface area contributed by atoms with Crippen LogP contribution in [-0.2, 0) is 6.42 Å². The quantitative estimate of drug-likeness (QED) is 0.654. The summed E-state index contributed by atoms with van der Waals surface area (Å²) in [5.74, 6) is -0.405. The van der Waals surface area contributed by atoms with E-state index in [1.54, 1.807) is 37.4 Å². The first-order chi connectivity index (χ1) is 13.6. The highest BCUT2D eigenvalue weighted by molar-refractivity contribution is 6.01. The van der Waals surface area contributed by atoms with E-state index in [2.05, 4.69) is 5.32 Å². The molecule has 0 fully saturated rings. The maximum atomic E-state index is 12.7. The van der Waals surface area contributed by atoms with Gasteiger partial charge in [-0.15, -0.1) is 0 Å². The Balaban J connectivity index is 1.71. The lowest BCUT2D eigenvalue weighted by Gasteiger charge is -2.13. The normalized spacial score (nSPS) is 10.3. The summed E-state index contributed by atoms with van der Waals surface area (Å²) in [4.78, 5) is 23.6. The molecule has 0 saturated carbocycles. The molecule has 0 bridgehead atoms. The highest BCUT2D eigenvalue weighted by atomic mass is 16.5. The summed E-state index contributed by atoms with van der Waals surface area (Å²) < 4.78 is 5.43. The number of methoxy groups -OCH3 is 1. The van der Waals surface area contributed by atoms with Gasteiger partial charge in [0.1, 0.15) is 5.75 Å². The minimum atomic E-state index is -0.951. The van der Waals surface area contributed by atoms with Crippen LogP contribution in [0, 0.1) is 0 Å². The third-order valence-electron chi connectivity index (χ3n) is 4.47. The van der Waals surface area contributed by atoms with Gasteiger partial charge in [-0.2, -0.15) is 0 Å². The van der Waals surface area contributed by atoms with E-state index >= 15 is 0 Å². The van der Waals surface area contributed by atoms with Crippen LogP contribution in [0.15, 0.2) is 72.8 Å². The van der Waals surface area contributed by atoms with E-state index in [4.69, 9.17) is 9.84 Å². The van der Waals surface area contributed by atoms with E-state index in [1.165, 1.54) is 0 Å². The van der Waals surface area contributed by atoms with Gasteiger partial charge in [0, 0.05) is 17.7 Å². The number of hydrogen-bond donors (Lipinski definition) is 2. The fourth-order valence-electron chi connectivity index (χ4n) is 3.01. The van der Waals surface area contributed by atoms with Gasteiger partial charge in [0.2, 0.25) is 0 Å². The Morgan fingerprint density at radius 1 is 0.893 bits per heavy atom. The molecule has 3 aromatic rings. The lowest BCUT2D eigenvalue weighted by atomic mass is 9.98. The van der Waals surface area contributed by atoms with Crippen LogP contribution in [0.3, 0.4) is 0 Å². The molecule has 5 nitrogen and oxygen atoms in total. The fourth-order valence-corrected chi connectivity index (χ4v) is 3.01. The summed E-state index contributed by atoms with van der Waals surface area (Å²) in [5.41, 5.74) is 3.46. The van der Waals surface area contributed by atoms with E-state index in [9.17, 15) is 9.59 Å². The lowest BCUT2D eigenvalue weighted by molar-refractivity contribution is 0.0696. The molecule has 0 aromatic heterocycles. The molecule has 1 amide bonds. The molecule has 3 aromatic carbocycles. The number of hydrogen-bond acceptors (Lipinski definition) is 3. The van der Waals surface area contributed by atoms with Gasteiger partial charge >= 0.3 is 5.97 Å². The predicted octanol–water partition coefficient (Wildman–Crippen LogP) is 4.03. The predicted molar refractivity (Wildman–Crippen MR) is 108 cm³/mol. The zero-order chi connectivity index (χ0) is 19.9. The number of carbonyl (C=O) groups is 2. The van der Waals surface area contributed by atoms with Crippen molar-refractivity contribution in [2.75, 3.05) is 13.7 Å². The molecule has 0 spiro atoms. The van der Waals surface area contributed by atoms with Crippen molar-refractivity contribution in [3.8, 4) is 16.9 Å². The third kappa shape index (κ3) is 4.38. The van der Waals surface area contributed by atoms with Crippen LogP contribution in [0.1, 0.15) is 26.3 Å². The Labute approximate surface area is 163 Å². The molecule has 0 unspecified atom stereocenters. The topological polar surface area (TPSA) is 75.6 Å². The van der Waals surface area contributed by atoms with Crippen LogP contribution in [0.4, 0.5) is 0 Å². The molecule has 5 heteroatoms. The molecule has 0 radical (unpaired) electrons. The van der Waals surface area contributed by atoms with Crippen LogP contribution >= 0.6 is 0 Å². The molecular weight excluding hydrogens is 354 g/mol. The van der Waals surface area contributed by atoms with E-state index < -0.39 is 5.97 Å². The average Bonchev–Trinajstić information content (AvgIpc) is 2.74. The van der Waals surface area contributed by atoms with Crippen molar-refractivity contribution in [2.45, 2.75) is 6.42 Å². The van der Waals surface area contributed by atoms with Gasteiger partial charge in [-0.1, -0.05) is 48.5 Å². The maximum Gasteiger partial charge on any atom is 0.335 e. The molecule has 0 aliphatic carbocycles. The highest BCUT2D eigenvalue weighted by Crippen LogP contribution is 2.31. The van der Waals surface area contributed by atoms with Crippen molar-refractivity contribution in [1.82, 2.24) is 5.32 Å². The second kappa shape index (κ2) is 8.86. The van der Waals surface area contributed by atoms with Crippen LogP contribution < -0.4 is 10.1 Å². The molecule has 142 valence electrons. The van der Waals surface area contributed by atoms with Crippen molar-refractivity contribution >= 4 is 11.9 Å². The number of rotatable bonds is 7. The average molecular weight is 375 g/mol. The van der Waals surface area contributed by atoms with Gasteiger partial charge in [-0.3, -0.25) is 4.79 Å². The fraction of sp³-hybridized carbons (Fsp3) is 0.130. The van der Waals surface area contributed by atoms with E-state index in [0.717, 1.165) is 16.7 Å². The molecule has 0 heterocycles. The lowest BCUT2D eigenvalue weighted by Crippen LogP contribution is -2.26. The Bertz CT molecular complexity index is 980. The second-order valence-corrected chi connectivity index (χ2v) is 6.25. The summed E-state index contributed by atoms with van der Waals surface area (Å²) in [6.07, 6.45) is 0.614. The van der Waals surface area contributed by atoms with Gasteiger partial charge in [-0.25, -0.2) is 4.79 Å². The molecule has 2 N–H and O–H groups in total. The molecular formula is C23H21NO4. The number of nitrogens with one attached hydrogen (secondary N) is 1. The molecule has 3 rings (SSSR count). The van der Waals surface area contributed by atoms with Crippen LogP contribution in [0.2, 0.25) is 0 Å². The van der Waals surface area contributed by atoms with Crippen LogP contribution in [-0.4, -0.2) is 30.6 Å². The maximum absolute atomic E-state index is 12.7. The number of amides is 1. The minimum Gasteiger partial charge on any atom is -0.496 e. The van der Waals surface area contributed by atoms with Gasteiger partial charge in [0.15, 0.2) is 0 Å². The first-order valence-electron chi connectivity index (χ1n) is 8.93. The third-order valence-corrected chi connectivity index (χ3v) is 4.47. The van der Waals surface area contributed by atoms with Crippen LogP contribution in [0.25, 0.3) is 11.1 Å². The van der Waals surface area contributed by atoms with Crippen molar-refractivity contribution in [1.29, 1.82) is 0 Å². The number of aromatic carboxylic acids is 1. The first kappa shape index (κ1) is 19.2. The molecule has 28 heavy (non-hydrogen) atoms. The highest BCUT2D eigenvalue weighted by Gasteiger charge is 2.14. The van der Waals surface area contributed by atoms with E-state index in [1.807, 2.05) is 42.5 Å². The van der Waals surface area contributed by atoms with Crippen molar-refractivity contribution in [3.63, 3.8) is 0 Å². The van der Waals surface area contributed by atoms with Crippen molar-refractivity contribution < 1.29 is 19.4 Å². The number of benzene rings is 3. The standard InChI is InChI=1S/C23H21NO4/c1-28-21-9-5-4-7-19(21)18-6-2-3-8-20(18)22(25)24-15-14-16-10-12-17(13-11-16)23(26)27/h2-13H,14-15H2,1H3,(H,24,25)(H,26,27). The molecule has 0 atom stereocenters. The van der Waals surface area contributed by atoms with E-state index in [-0.39, 0.29) is 11.5 Å². The number of ether oxygens (including phenoxy) is 1. The smallest absolute Gasteiger partial charge is 0.335 e. The Kier molecular flexibility index (Phi) is 6.07. The number of carboxylic acids is 1. The van der Waals surface area contributed by atoms with Gasteiger partial charge in [0.05, 0.1) is 12.7 Å². The first-order valence-corrected chi connectivity index (χ1v) is 8.93. The van der Waals surface area contributed by atoms with Crippen molar-refractivity contribution in [3.05, 3.63) is 89.5 Å². The molecule has 0 aliphatic heterocycles. The summed E-state index contributed by atoms with van der Waals surface area (Å²) in [6, 6.07) is 21.7. The molecule has 0 saturated heterocycles. The van der Waals surface area contributed by atoms with Crippen LogP contribution in [0.5, 0.6) is 5.75 Å². The Hall–Kier alpha value is -3.60. The number of para-hydroxylation sites is 1. The summed E-state index contributed by atoms with van der Waals surface area (Å²) in [6.45, 7) is 0.450. The summed E-state index contributed by atoms with van der Waals surface area (Å²) >= 11 is 0. The number of carbonyl (C=O) groups excluding carboxylic acids is 1. The Morgan fingerprint density at radius 2 is 1.54 bits per heavy atom. The van der Waals surface area contributed by atoms with Gasteiger partial charge < -0.3 is 15.2 Å². The van der Waals surface area contributed by atoms with Gasteiger partial charge in [0.25, 0.3) is 5.91 Å². The van der Waals surface area contributed by atoms with Gasteiger partial charge in [-0.05, 0) is 41.8 Å². The monoisotopic (exact) mass is 375 g/mol. The van der Waals surface area contributed by atoms with E-state index in [0.29, 0.717) is 24.3 Å². The summed E-state index contributed by atoms with van der Waals surface area (Å²) in [7, 11) is 1.61. The second-order valence-electron chi connectivity index (χ2n) is 6.25. The largest absolute Gasteiger partial charge is 0.496 e. The number of carboxylic acid groups (broad SMARTS) is 1. The Morgan fingerprint density at radius 3 is 2.21 bits per heavy atom. The molecule has 0 aliphatic rings.